The summed E-state index contributed by atoms with van der Waals surface area (Å²) in [6, 6.07) is -2.38. The summed E-state index contributed by atoms with van der Waals surface area (Å²) in [7, 11) is 0. The molecule has 1 aliphatic carbocycles. The van der Waals surface area contributed by atoms with Crippen molar-refractivity contribution in [2.24, 2.45) is 0 Å². The summed E-state index contributed by atoms with van der Waals surface area (Å²) in [5, 5.41) is 134. The molecule has 3 rings (SSSR count). The molecule has 0 aromatic carbocycles. The Balaban J connectivity index is 1.73. The van der Waals surface area contributed by atoms with Crippen LogP contribution < -0.4 is 5.32 Å². The topological polar surface area (TPSA) is 329 Å². The largest absolute Gasteiger partial charge is 0.394 e. The normalized spacial score (nSPS) is 42.9. The van der Waals surface area contributed by atoms with Crippen LogP contribution in [0.4, 0.5) is 0 Å². The van der Waals surface area contributed by atoms with Crippen molar-refractivity contribution in [2.75, 3.05) is 26.4 Å². The number of hydrogen-bond donors (Lipinski definition) is 14. The minimum Gasteiger partial charge on any atom is -0.394 e. The molecule has 6 unspecified atom stereocenters. The van der Waals surface area contributed by atoms with Crippen molar-refractivity contribution < 1.29 is 90.1 Å². The molecule has 0 spiro atoms. The fourth-order valence-electron chi connectivity index (χ4n) is 5.44. The van der Waals surface area contributed by atoms with E-state index in [2.05, 4.69) is 5.32 Å². The Labute approximate surface area is 257 Å². The number of nitrogens with one attached hydrogen (secondary N) is 1. The predicted molar refractivity (Wildman–Crippen MR) is 144 cm³/mol. The molecule has 0 aromatic heterocycles. The summed E-state index contributed by atoms with van der Waals surface area (Å²) < 4.78 is 21.9. The van der Waals surface area contributed by atoms with Gasteiger partial charge in [0.05, 0.1) is 50.7 Å². The summed E-state index contributed by atoms with van der Waals surface area (Å²) in [5.41, 5.74) is -0.0332. The third-order valence-electron chi connectivity index (χ3n) is 8.15. The minimum atomic E-state index is -1.90. The van der Waals surface area contributed by atoms with Gasteiger partial charge in [0.1, 0.15) is 67.1 Å². The van der Waals surface area contributed by atoms with Gasteiger partial charge in [0.15, 0.2) is 18.4 Å². The summed E-state index contributed by atoms with van der Waals surface area (Å²) in [4.78, 5) is 12.5. The molecule has 2 heterocycles. The van der Waals surface area contributed by atoms with Gasteiger partial charge >= 0.3 is 0 Å². The fraction of sp³-hybridized carbons (Fsp3) is 0.885. The second-order valence-corrected chi connectivity index (χ2v) is 11.3. The highest BCUT2D eigenvalue weighted by molar-refractivity contribution is 5.87. The molecular weight excluding hydrogens is 614 g/mol. The van der Waals surface area contributed by atoms with Crippen LogP contribution in [0.2, 0.25) is 0 Å². The van der Waals surface area contributed by atoms with E-state index in [0.29, 0.717) is 0 Å². The van der Waals surface area contributed by atoms with Crippen LogP contribution in [0.25, 0.3) is 0 Å². The van der Waals surface area contributed by atoms with Crippen LogP contribution in [0.15, 0.2) is 11.6 Å². The average Bonchev–Trinajstić information content (AvgIpc) is 3.03. The summed E-state index contributed by atoms with van der Waals surface area (Å²) in [5.74, 6) is -1.08. The maximum absolute atomic E-state index is 12.5. The SMILES string of the molecule is C[C@H]1OC(O[C@H](CC(O)CO)C(=O)[C@@H](O)CO)C(O)[C@@H](O)[C@@H]1N[C@H]1C=C(CO)[C@@H](O[C@H]2O[C@H](CO)C(O)[C@H](O)C2O)C(O)[C@H]1O. The molecule has 2 saturated heterocycles. The second-order valence-electron chi connectivity index (χ2n) is 11.3. The number of carbonyl (C=O) groups excluding carboxylic acids is 1. The average molecular weight is 660 g/mol. The van der Waals surface area contributed by atoms with Crippen molar-refractivity contribution in [3.05, 3.63) is 11.6 Å². The molecule has 0 radical (unpaired) electrons. The highest BCUT2D eigenvalue weighted by Crippen LogP contribution is 2.31. The first-order valence-corrected chi connectivity index (χ1v) is 14.4. The van der Waals surface area contributed by atoms with Crippen LogP contribution in [0.1, 0.15) is 13.3 Å². The van der Waals surface area contributed by atoms with Crippen LogP contribution >= 0.6 is 0 Å². The highest BCUT2D eigenvalue weighted by Gasteiger charge is 2.50. The molecule has 0 aromatic rings. The van der Waals surface area contributed by atoms with E-state index in [1.807, 2.05) is 0 Å². The number of aliphatic hydroxyl groups is 13. The number of aliphatic hydroxyl groups excluding tert-OH is 13. The molecule has 3 aliphatic rings. The summed E-state index contributed by atoms with van der Waals surface area (Å²) >= 11 is 0. The molecule has 2 fully saturated rings. The zero-order valence-electron chi connectivity index (χ0n) is 24.3. The van der Waals surface area contributed by atoms with E-state index in [9.17, 15) is 61.0 Å². The van der Waals surface area contributed by atoms with Gasteiger partial charge in [-0.15, -0.1) is 0 Å². The third-order valence-corrected chi connectivity index (χ3v) is 8.15. The molecule has 14 N–H and O–H groups in total. The van der Waals surface area contributed by atoms with Gasteiger partial charge in [-0.25, -0.2) is 0 Å². The highest BCUT2D eigenvalue weighted by atomic mass is 16.7. The molecule has 262 valence electrons. The van der Waals surface area contributed by atoms with Crippen LogP contribution in [-0.2, 0) is 23.7 Å². The van der Waals surface area contributed by atoms with Crippen molar-refractivity contribution in [3.8, 4) is 0 Å². The van der Waals surface area contributed by atoms with Gasteiger partial charge in [-0.3, -0.25) is 4.79 Å². The smallest absolute Gasteiger partial charge is 0.192 e. The molecule has 2 aliphatic heterocycles. The van der Waals surface area contributed by atoms with E-state index in [0.717, 1.165) is 0 Å². The molecule has 17 atom stereocenters. The van der Waals surface area contributed by atoms with E-state index >= 15 is 0 Å². The lowest BCUT2D eigenvalue weighted by molar-refractivity contribution is -0.316. The Bertz CT molecular complexity index is 972. The summed E-state index contributed by atoms with van der Waals surface area (Å²) in [6.45, 7) is -1.80. The molecule has 0 bridgehead atoms. The molecule has 19 nitrogen and oxygen atoms in total. The zero-order chi connectivity index (χ0) is 33.7. The minimum absolute atomic E-state index is 0.0332. The van der Waals surface area contributed by atoms with Gasteiger partial charge in [0, 0.05) is 6.42 Å². The first-order chi connectivity index (χ1) is 21.2. The number of rotatable bonds is 14. The van der Waals surface area contributed by atoms with E-state index < -0.39 is 143 Å². The van der Waals surface area contributed by atoms with Crippen LogP contribution in [0.3, 0.4) is 0 Å². The Kier molecular flexibility index (Phi) is 14.1. The Morgan fingerprint density at radius 3 is 2.07 bits per heavy atom. The van der Waals surface area contributed by atoms with Crippen molar-refractivity contribution in [2.45, 2.75) is 117 Å². The lowest BCUT2D eigenvalue weighted by Gasteiger charge is -2.46. The molecule has 0 amide bonds. The first kappa shape index (κ1) is 38.1. The van der Waals surface area contributed by atoms with Gasteiger partial charge in [-0.1, -0.05) is 6.08 Å². The summed E-state index contributed by atoms with van der Waals surface area (Å²) in [6.07, 6.45) is -24.0. The number of carbonyl (C=O) groups is 1. The van der Waals surface area contributed by atoms with Gasteiger partial charge in [0.25, 0.3) is 0 Å². The van der Waals surface area contributed by atoms with E-state index in [1.165, 1.54) is 13.0 Å². The van der Waals surface area contributed by atoms with Crippen LogP contribution in [-0.4, -0.2) is 203 Å². The Morgan fingerprint density at radius 1 is 0.844 bits per heavy atom. The lowest BCUT2D eigenvalue weighted by atomic mass is 9.86. The number of ketones is 1. The quantitative estimate of drug-likeness (QED) is 0.0770. The molecular formula is C26H45NO18. The monoisotopic (exact) mass is 659 g/mol. The van der Waals surface area contributed by atoms with Crippen molar-refractivity contribution in [3.63, 3.8) is 0 Å². The first-order valence-electron chi connectivity index (χ1n) is 14.4. The van der Waals surface area contributed by atoms with Gasteiger partial charge in [-0.05, 0) is 12.5 Å². The van der Waals surface area contributed by atoms with Crippen LogP contribution in [0, 0.1) is 0 Å². The van der Waals surface area contributed by atoms with Gasteiger partial charge in [0.2, 0.25) is 0 Å². The molecule has 45 heavy (non-hydrogen) atoms. The van der Waals surface area contributed by atoms with Crippen molar-refractivity contribution in [1.82, 2.24) is 5.32 Å². The predicted octanol–water partition coefficient (Wildman–Crippen LogP) is -8.33. The van der Waals surface area contributed by atoms with E-state index in [1.54, 1.807) is 0 Å². The molecule has 0 saturated carbocycles. The zero-order valence-corrected chi connectivity index (χ0v) is 24.3. The number of Topliss-reactive ketones (excluding diaryl/α,β-unsaturated/α-hetero) is 1. The number of ether oxygens (including phenoxy) is 4. The van der Waals surface area contributed by atoms with Crippen LogP contribution in [0.5, 0.6) is 0 Å². The fourth-order valence-corrected chi connectivity index (χ4v) is 5.44. The van der Waals surface area contributed by atoms with Crippen molar-refractivity contribution >= 4 is 5.78 Å². The Morgan fingerprint density at radius 2 is 1.49 bits per heavy atom. The standard InChI is InChI=1S/C26H45NO18/c1-8-15(19(37)22(40)25(42-8)43-13(3-10(32)5-29)17(35)12(33)6-30)27-11-2-9(4-28)24(21(39)16(11)34)45-26-23(41)20(38)18(36)14(7-31)44-26/h2,8,10-16,18-34,36-41H,3-7H2,1H3/t8-,10?,11+,12+,13-,14-,15-,16+,18?,19+,20+,21?,22?,23?,24-,25?,26-/m1/s1. The molecule has 19 heteroatoms. The second kappa shape index (κ2) is 16.7. The Hall–Kier alpha value is -1.31. The van der Waals surface area contributed by atoms with Crippen molar-refractivity contribution in [1.29, 1.82) is 0 Å². The van der Waals surface area contributed by atoms with Gasteiger partial charge < -0.3 is 90.6 Å². The maximum atomic E-state index is 12.5. The van der Waals surface area contributed by atoms with E-state index in [4.69, 9.17) is 29.2 Å². The third kappa shape index (κ3) is 8.59. The maximum Gasteiger partial charge on any atom is 0.192 e. The van der Waals surface area contributed by atoms with E-state index in [-0.39, 0.29) is 5.57 Å². The lowest BCUT2D eigenvalue weighted by Crippen LogP contribution is -2.67. The van der Waals surface area contributed by atoms with Gasteiger partial charge in [-0.2, -0.15) is 0 Å². The number of hydrogen-bond acceptors (Lipinski definition) is 19.